The monoisotopic (exact) mass is 253 g/mol. The summed E-state index contributed by atoms with van der Waals surface area (Å²) in [6, 6.07) is 0. The fourth-order valence-electron chi connectivity index (χ4n) is 3.65. The molecule has 1 aliphatic carbocycles. The van der Waals surface area contributed by atoms with Crippen LogP contribution in [0, 0.1) is 11.3 Å². The molecule has 1 nitrogen and oxygen atoms in total. The van der Waals surface area contributed by atoms with E-state index in [1.165, 1.54) is 77.0 Å². The van der Waals surface area contributed by atoms with Crippen molar-refractivity contribution in [3.8, 4) is 0 Å². The standard InChI is InChI=1S/C17H35N/c1-3-5-6-7-8-9-10-12-17(15-18)13-11-16(4-2)14-17/h16H,3-15,18H2,1-2H3. The lowest BCUT2D eigenvalue weighted by atomic mass is 9.80. The molecule has 0 aromatic heterocycles. The van der Waals surface area contributed by atoms with Crippen LogP contribution in [0.2, 0.25) is 0 Å². The quantitative estimate of drug-likeness (QED) is 0.526. The molecule has 1 saturated carbocycles. The van der Waals surface area contributed by atoms with E-state index in [0.29, 0.717) is 5.41 Å². The Kier molecular flexibility index (Phi) is 7.97. The fraction of sp³-hybridized carbons (Fsp3) is 1.00. The molecule has 0 aromatic rings. The predicted molar refractivity (Wildman–Crippen MR) is 81.7 cm³/mol. The first kappa shape index (κ1) is 16.0. The van der Waals surface area contributed by atoms with E-state index >= 15 is 0 Å². The number of hydrogen-bond donors (Lipinski definition) is 1. The van der Waals surface area contributed by atoms with Crippen LogP contribution in [0.15, 0.2) is 0 Å². The molecule has 0 saturated heterocycles. The highest BCUT2D eigenvalue weighted by Gasteiger charge is 2.36. The van der Waals surface area contributed by atoms with E-state index in [2.05, 4.69) is 13.8 Å². The molecular weight excluding hydrogens is 218 g/mol. The number of unbranched alkanes of at least 4 members (excludes halogenated alkanes) is 6. The van der Waals surface area contributed by atoms with Gasteiger partial charge in [0, 0.05) is 0 Å². The minimum atomic E-state index is 0.532. The van der Waals surface area contributed by atoms with E-state index in [1.807, 2.05) is 0 Å². The van der Waals surface area contributed by atoms with Crippen molar-refractivity contribution in [1.82, 2.24) is 0 Å². The van der Waals surface area contributed by atoms with Crippen LogP contribution in [0.3, 0.4) is 0 Å². The van der Waals surface area contributed by atoms with E-state index in [9.17, 15) is 0 Å². The molecule has 0 aliphatic heterocycles. The van der Waals surface area contributed by atoms with Crippen molar-refractivity contribution in [3.05, 3.63) is 0 Å². The highest BCUT2D eigenvalue weighted by atomic mass is 14.6. The topological polar surface area (TPSA) is 26.0 Å². The van der Waals surface area contributed by atoms with Crippen molar-refractivity contribution in [2.75, 3.05) is 6.54 Å². The molecule has 0 spiro atoms. The molecule has 108 valence electrons. The van der Waals surface area contributed by atoms with Gasteiger partial charge in [-0.15, -0.1) is 0 Å². The molecule has 0 bridgehead atoms. The van der Waals surface area contributed by atoms with Gasteiger partial charge in [-0.2, -0.15) is 0 Å². The highest BCUT2D eigenvalue weighted by molar-refractivity contribution is 4.89. The summed E-state index contributed by atoms with van der Waals surface area (Å²) in [5, 5.41) is 0. The van der Waals surface area contributed by atoms with Gasteiger partial charge in [0.1, 0.15) is 0 Å². The molecule has 2 N–H and O–H groups in total. The summed E-state index contributed by atoms with van der Waals surface area (Å²) >= 11 is 0. The summed E-state index contributed by atoms with van der Waals surface area (Å²) < 4.78 is 0. The lowest BCUT2D eigenvalue weighted by Gasteiger charge is -2.27. The van der Waals surface area contributed by atoms with E-state index < -0.39 is 0 Å². The van der Waals surface area contributed by atoms with Gasteiger partial charge in [-0.1, -0.05) is 65.2 Å². The Morgan fingerprint density at radius 1 is 1.00 bits per heavy atom. The SMILES string of the molecule is CCCCCCCCCC1(CN)CCC(CC)C1. The van der Waals surface area contributed by atoms with Gasteiger partial charge in [-0.05, 0) is 43.6 Å². The van der Waals surface area contributed by atoms with E-state index in [1.54, 1.807) is 0 Å². The molecule has 0 amide bonds. The first-order valence-electron chi connectivity index (χ1n) is 8.46. The molecule has 2 atom stereocenters. The molecule has 1 heteroatoms. The normalized spacial score (nSPS) is 27.8. The number of hydrogen-bond acceptors (Lipinski definition) is 1. The zero-order valence-corrected chi connectivity index (χ0v) is 12.8. The average molecular weight is 253 g/mol. The van der Waals surface area contributed by atoms with Gasteiger partial charge in [-0.3, -0.25) is 0 Å². The molecular formula is C17H35N. The van der Waals surface area contributed by atoms with Crippen LogP contribution in [-0.2, 0) is 0 Å². The highest BCUT2D eigenvalue weighted by Crippen LogP contribution is 2.45. The van der Waals surface area contributed by atoms with Gasteiger partial charge >= 0.3 is 0 Å². The molecule has 1 aliphatic rings. The molecule has 2 unspecified atom stereocenters. The Labute approximate surface area is 115 Å². The third-order valence-electron chi connectivity index (χ3n) is 5.13. The minimum absolute atomic E-state index is 0.532. The maximum absolute atomic E-state index is 6.07. The number of rotatable bonds is 10. The molecule has 0 aromatic carbocycles. The summed E-state index contributed by atoms with van der Waals surface area (Å²) in [4.78, 5) is 0. The molecule has 18 heavy (non-hydrogen) atoms. The third kappa shape index (κ3) is 5.30. The zero-order valence-electron chi connectivity index (χ0n) is 12.8. The zero-order chi connectivity index (χ0) is 13.3. The summed E-state index contributed by atoms with van der Waals surface area (Å²) in [5.41, 5.74) is 6.60. The van der Waals surface area contributed by atoms with Crippen molar-refractivity contribution in [1.29, 1.82) is 0 Å². The second kappa shape index (κ2) is 8.96. The Bertz CT molecular complexity index is 202. The third-order valence-corrected chi connectivity index (χ3v) is 5.13. The maximum atomic E-state index is 6.07. The predicted octanol–water partition coefficient (Wildman–Crippen LogP) is 5.28. The van der Waals surface area contributed by atoms with Gasteiger partial charge in [0.25, 0.3) is 0 Å². The van der Waals surface area contributed by atoms with Gasteiger partial charge in [-0.25, -0.2) is 0 Å². The molecule has 1 rings (SSSR count). The van der Waals surface area contributed by atoms with Crippen LogP contribution in [0.5, 0.6) is 0 Å². The van der Waals surface area contributed by atoms with Gasteiger partial charge < -0.3 is 5.73 Å². The van der Waals surface area contributed by atoms with Crippen molar-refractivity contribution in [2.24, 2.45) is 17.1 Å². The van der Waals surface area contributed by atoms with Crippen LogP contribution >= 0.6 is 0 Å². The summed E-state index contributed by atoms with van der Waals surface area (Å²) in [6.45, 7) is 5.56. The Morgan fingerprint density at radius 2 is 1.67 bits per heavy atom. The van der Waals surface area contributed by atoms with E-state index in [4.69, 9.17) is 5.73 Å². The van der Waals surface area contributed by atoms with Crippen molar-refractivity contribution in [2.45, 2.75) is 90.9 Å². The second-order valence-corrected chi connectivity index (χ2v) is 6.59. The average Bonchev–Trinajstić information content (AvgIpc) is 2.82. The molecule has 0 heterocycles. The first-order valence-corrected chi connectivity index (χ1v) is 8.46. The van der Waals surface area contributed by atoms with Crippen LogP contribution in [0.25, 0.3) is 0 Å². The second-order valence-electron chi connectivity index (χ2n) is 6.59. The Morgan fingerprint density at radius 3 is 2.22 bits per heavy atom. The van der Waals surface area contributed by atoms with Crippen molar-refractivity contribution < 1.29 is 0 Å². The van der Waals surface area contributed by atoms with Crippen LogP contribution < -0.4 is 5.73 Å². The smallest absolute Gasteiger partial charge is 0.00204 e. The van der Waals surface area contributed by atoms with E-state index in [-0.39, 0.29) is 0 Å². The van der Waals surface area contributed by atoms with Gasteiger partial charge in [0.15, 0.2) is 0 Å². The lowest BCUT2D eigenvalue weighted by molar-refractivity contribution is 0.258. The lowest BCUT2D eigenvalue weighted by Crippen LogP contribution is -2.27. The Hall–Kier alpha value is -0.0400. The maximum Gasteiger partial charge on any atom is -0.00204 e. The molecule has 1 fully saturated rings. The fourth-order valence-corrected chi connectivity index (χ4v) is 3.65. The van der Waals surface area contributed by atoms with Crippen molar-refractivity contribution in [3.63, 3.8) is 0 Å². The van der Waals surface area contributed by atoms with E-state index in [0.717, 1.165) is 12.5 Å². The summed E-state index contributed by atoms with van der Waals surface area (Å²) in [5.74, 6) is 0.970. The van der Waals surface area contributed by atoms with Gasteiger partial charge in [0.05, 0.1) is 0 Å². The van der Waals surface area contributed by atoms with Crippen molar-refractivity contribution >= 4 is 0 Å². The summed E-state index contributed by atoms with van der Waals surface area (Å²) in [6.07, 6.45) is 17.0. The minimum Gasteiger partial charge on any atom is -0.330 e. The number of nitrogens with two attached hydrogens (primary N) is 1. The summed E-state index contributed by atoms with van der Waals surface area (Å²) in [7, 11) is 0. The van der Waals surface area contributed by atoms with Gasteiger partial charge in [0.2, 0.25) is 0 Å². The first-order chi connectivity index (χ1) is 8.76. The Balaban J connectivity index is 2.09. The largest absolute Gasteiger partial charge is 0.330 e. The van der Waals surface area contributed by atoms with Crippen LogP contribution in [-0.4, -0.2) is 6.54 Å². The van der Waals surface area contributed by atoms with Crippen LogP contribution in [0.1, 0.15) is 90.9 Å². The molecule has 0 radical (unpaired) electrons. The van der Waals surface area contributed by atoms with Crippen LogP contribution in [0.4, 0.5) is 0 Å².